The van der Waals surface area contributed by atoms with Gasteiger partial charge in [0.15, 0.2) is 0 Å². The van der Waals surface area contributed by atoms with E-state index in [1.807, 2.05) is 56.3 Å². The van der Waals surface area contributed by atoms with E-state index in [-0.39, 0.29) is 43.7 Å². The van der Waals surface area contributed by atoms with Crippen molar-refractivity contribution in [1.29, 1.82) is 0 Å². The predicted molar refractivity (Wildman–Crippen MR) is 162 cm³/mol. The number of amides is 2. The lowest BCUT2D eigenvalue weighted by atomic mass is 10.0. The van der Waals surface area contributed by atoms with Crippen molar-refractivity contribution in [3.8, 4) is 0 Å². The van der Waals surface area contributed by atoms with Gasteiger partial charge in [-0.25, -0.2) is 12.8 Å². The summed E-state index contributed by atoms with van der Waals surface area (Å²) in [6.45, 7) is 4.57. The summed E-state index contributed by atoms with van der Waals surface area (Å²) >= 11 is 6.46. The molecule has 0 aromatic heterocycles. The molecule has 0 bridgehead atoms. The Hall–Kier alpha value is -3.43. The zero-order chi connectivity index (χ0) is 30.0. The van der Waals surface area contributed by atoms with Crippen LogP contribution in [-0.2, 0) is 32.6 Å². The monoisotopic (exact) mass is 601 g/mol. The molecule has 0 unspecified atom stereocenters. The Morgan fingerprint density at radius 2 is 1.59 bits per heavy atom. The molecule has 7 nitrogen and oxygen atoms in total. The molecule has 1 atom stereocenters. The zero-order valence-electron chi connectivity index (χ0n) is 23.6. The van der Waals surface area contributed by atoms with Gasteiger partial charge in [0.2, 0.25) is 21.8 Å². The zero-order valence-corrected chi connectivity index (χ0v) is 25.2. The van der Waals surface area contributed by atoms with Crippen LogP contribution < -0.4 is 9.62 Å². The fraction of sp³-hybridized carbons (Fsp3) is 0.355. The van der Waals surface area contributed by atoms with Gasteiger partial charge in [-0.05, 0) is 53.8 Å². The molecule has 220 valence electrons. The second kappa shape index (κ2) is 15.0. The topological polar surface area (TPSA) is 86.8 Å². The largest absolute Gasteiger partial charge is 0.354 e. The molecule has 0 saturated heterocycles. The van der Waals surface area contributed by atoms with Crippen LogP contribution in [0.15, 0.2) is 78.9 Å². The van der Waals surface area contributed by atoms with Gasteiger partial charge in [0, 0.05) is 37.5 Å². The maximum Gasteiger partial charge on any atom is 0.243 e. The number of hydrogen-bond acceptors (Lipinski definition) is 4. The first kappa shape index (κ1) is 32.1. The van der Waals surface area contributed by atoms with E-state index in [9.17, 15) is 22.4 Å². The van der Waals surface area contributed by atoms with Crippen molar-refractivity contribution in [2.24, 2.45) is 5.92 Å². The number of anilines is 1. The highest BCUT2D eigenvalue weighted by molar-refractivity contribution is 7.92. The number of halogens is 2. The van der Waals surface area contributed by atoms with E-state index in [1.165, 1.54) is 29.2 Å². The van der Waals surface area contributed by atoms with Gasteiger partial charge >= 0.3 is 0 Å². The van der Waals surface area contributed by atoms with Gasteiger partial charge in [0.05, 0.1) is 11.9 Å². The average molecular weight is 602 g/mol. The molecule has 3 rings (SSSR count). The molecule has 0 saturated carbocycles. The molecule has 0 aliphatic carbocycles. The van der Waals surface area contributed by atoms with Crippen LogP contribution in [0.4, 0.5) is 10.1 Å². The predicted octanol–water partition coefficient (Wildman–Crippen LogP) is 5.44. The van der Waals surface area contributed by atoms with E-state index >= 15 is 0 Å². The Morgan fingerprint density at radius 1 is 0.951 bits per heavy atom. The lowest BCUT2D eigenvalue weighted by Crippen LogP contribution is -2.51. The number of hydrogen-bond donors (Lipinski definition) is 1. The van der Waals surface area contributed by atoms with Crippen molar-refractivity contribution in [2.45, 2.75) is 45.7 Å². The standard InChI is InChI=1S/C31H37ClFN3O4S/c1-23(2)21-34-31(38)29(20-24-10-5-4-6-11-24)35(22-25-12-7-8-13-28(25)32)30(37)14-9-19-36(41(3,39)40)27-17-15-26(33)16-18-27/h4-8,10-13,15-18,23,29H,9,14,19-22H2,1-3H3,(H,34,38)/t29-/m1/s1. The van der Waals surface area contributed by atoms with Crippen molar-refractivity contribution in [3.63, 3.8) is 0 Å². The van der Waals surface area contributed by atoms with Gasteiger partial charge in [0.1, 0.15) is 11.9 Å². The second-order valence-electron chi connectivity index (χ2n) is 10.4. The number of benzene rings is 3. The lowest BCUT2D eigenvalue weighted by molar-refractivity contribution is -0.141. The maximum atomic E-state index is 13.8. The average Bonchev–Trinajstić information content (AvgIpc) is 2.93. The van der Waals surface area contributed by atoms with Crippen molar-refractivity contribution in [1.82, 2.24) is 10.2 Å². The minimum atomic E-state index is -3.68. The summed E-state index contributed by atoms with van der Waals surface area (Å²) in [4.78, 5) is 28.9. The molecule has 0 fully saturated rings. The fourth-order valence-corrected chi connectivity index (χ4v) is 5.56. The van der Waals surface area contributed by atoms with E-state index in [1.54, 1.807) is 12.1 Å². The molecule has 0 aliphatic heterocycles. The van der Waals surface area contributed by atoms with Crippen LogP contribution in [0.5, 0.6) is 0 Å². The SMILES string of the molecule is CC(C)CNC(=O)[C@@H](Cc1ccccc1)N(Cc1ccccc1Cl)C(=O)CCCN(c1ccc(F)cc1)S(C)(=O)=O. The van der Waals surface area contributed by atoms with Crippen LogP contribution >= 0.6 is 11.6 Å². The maximum absolute atomic E-state index is 13.8. The van der Waals surface area contributed by atoms with Crippen LogP contribution in [0.1, 0.15) is 37.8 Å². The molecule has 10 heteroatoms. The molecule has 0 radical (unpaired) electrons. The Morgan fingerprint density at radius 3 is 2.20 bits per heavy atom. The highest BCUT2D eigenvalue weighted by atomic mass is 35.5. The van der Waals surface area contributed by atoms with Gasteiger partial charge in [-0.1, -0.05) is 74.0 Å². The fourth-order valence-electron chi connectivity index (χ4n) is 4.40. The molecule has 0 spiro atoms. The van der Waals surface area contributed by atoms with Gasteiger partial charge < -0.3 is 10.2 Å². The van der Waals surface area contributed by atoms with Crippen LogP contribution in [0.2, 0.25) is 5.02 Å². The summed E-state index contributed by atoms with van der Waals surface area (Å²) < 4.78 is 39.6. The molecular formula is C31H37ClFN3O4S. The summed E-state index contributed by atoms with van der Waals surface area (Å²) in [6.07, 6.45) is 1.54. The number of sulfonamides is 1. The Bertz CT molecular complexity index is 1400. The minimum absolute atomic E-state index is 0.0129. The third kappa shape index (κ3) is 9.86. The first-order valence-electron chi connectivity index (χ1n) is 13.5. The summed E-state index contributed by atoms with van der Waals surface area (Å²) in [5.74, 6) is -0.838. The highest BCUT2D eigenvalue weighted by Crippen LogP contribution is 2.23. The Kier molecular flexibility index (Phi) is 11.7. The number of rotatable bonds is 14. The Labute approximate surface area is 247 Å². The summed E-state index contributed by atoms with van der Waals surface area (Å²) in [5, 5.41) is 3.45. The van der Waals surface area contributed by atoms with E-state index in [2.05, 4.69) is 5.32 Å². The van der Waals surface area contributed by atoms with Crippen LogP contribution in [0.3, 0.4) is 0 Å². The molecule has 0 aliphatic rings. The molecule has 3 aromatic rings. The first-order chi connectivity index (χ1) is 19.5. The molecule has 41 heavy (non-hydrogen) atoms. The summed E-state index contributed by atoms with van der Waals surface area (Å²) in [5.41, 5.74) is 1.90. The lowest BCUT2D eigenvalue weighted by Gasteiger charge is -2.32. The third-order valence-electron chi connectivity index (χ3n) is 6.52. The van der Waals surface area contributed by atoms with Crippen LogP contribution in [0.25, 0.3) is 0 Å². The summed E-state index contributed by atoms with van der Waals surface area (Å²) in [7, 11) is -3.68. The molecule has 2 amide bonds. The van der Waals surface area contributed by atoms with Crippen molar-refractivity contribution in [2.75, 3.05) is 23.7 Å². The number of carbonyl (C=O) groups excluding carboxylic acids is 2. The third-order valence-corrected chi connectivity index (χ3v) is 8.08. The van der Waals surface area contributed by atoms with Crippen molar-refractivity contribution in [3.05, 3.63) is 101 Å². The molecule has 3 aromatic carbocycles. The van der Waals surface area contributed by atoms with Crippen molar-refractivity contribution >= 4 is 39.1 Å². The first-order valence-corrected chi connectivity index (χ1v) is 15.8. The van der Waals surface area contributed by atoms with E-state index in [4.69, 9.17) is 11.6 Å². The second-order valence-corrected chi connectivity index (χ2v) is 12.7. The highest BCUT2D eigenvalue weighted by Gasteiger charge is 2.31. The molecular weight excluding hydrogens is 565 g/mol. The normalized spacial score (nSPS) is 12.1. The van der Waals surface area contributed by atoms with Gasteiger partial charge in [-0.2, -0.15) is 0 Å². The molecule has 0 heterocycles. The van der Waals surface area contributed by atoms with Gasteiger partial charge in [-0.3, -0.25) is 13.9 Å². The Balaban J connectivity index is 1.88. The summed E-state index contributed by atoms with van der Waals surface area (Å²) in [6, 6.07) is 21.0. The van der Waals surface area contributed by atoms with E-state index < -0.39 is 21.9 Å². The van der Waals surface area contributed by atoms with Crippen molar-refractivity contribution < 1.29 is 22.4 Å². The quantitative estimate of drug-likeness (QED) is 0.267. The minimum Gasteiger partial charge on any atom is -0.354 e. The number of carbonyl (C=O) groups is 2. The van der Waals surface area contributed by atoms with Gasteiger partial charge in [-0.15, -0.1) is 0 Å². The molecule has 1 N–H and O–H groups in total. The number of nitrogens with one attached hydrogen (secondary N) is 1. The van der Waals surface area contributed by atoms with Gasteiger partial charge in [0.25, 0.3) is 0 Å². The number of nitrogens with zero attached hydrogens (tertiary/aromatic N) is 2. The van der Waals surface area contributed by atoms with E-state index in [0.29, 0.717) is 29.2 Å². The van der Waals surface area contributed by atoms with Crippen LogP contribution in [-0.4, -0.2) is 50.5 Å². The van der Waals surface area contributed by atoms with E-state index in [0.717, 1.165) is 16.1 Å². The smallest absolute Gasteiger partial charge is 0.243 e. The van der Waals surface area contributed by atoms with Crippen LogP contribution in [0, 0.1) is 11.7 Å².